The summed E-state index contributed by atoms with van der Waals surface area (Å²) >= 11 is 1.39. The van der Waals surface area contributed by atoms with Crippen molar-refractivity contribution in [3.05, 3.63) is 24.3 Å². The predicted octanol–water partition coefficient (Wildman–Crippen LogP) is 5.60. The molecule has 0 aromatic carbocycles. The lowest BCUT2D eigenvalue weighted by Gasteiger charge is -2.47. The van der Waals surface area contributed by atoms with Crippen LogP contribution in [-0.4, -0.2) is 175 Å². The number of hydrogen-bond donors (Lipinski definition) is 1. The SMILES string of the molecule is C=C1C[C@@H]2CC[C@@]34C[C@H]5O[C@H]6[C@@H](O3)[C@H]3O[C@H](CC[C@@H]3O[C@H]6[C@H]5O4)CC(=O)C[C@@H]3[C@@H](OC)[C@@H](C[C@H](O)CCC(=O)OCOC(=O)C4CCC(CN5C(=O)CC(SC)C5=O)CC4)O[C@H]3C[C@H]3O[C@@H](CC[C@@H]1O2)C[C@@H](C)C3=C. The van der Waals surface area contributed by atoms with Gasteiger partial charge in [0, 0.05) is 70.9 Å². The second kappa shape index (κ2) is 22.7. The number of carbonyl (C=O) groups is 5. The fourth-order valence-corrected chi connectivity index (χ4v) is 15.4. The molecule has 12 aliphatic rings. The highest BCUT2D eigenvalue weighted by Crippen LogP contribution is 2.54. The molecule has 1 unspecified atom stereocenters. The Morgan fingerprint density at radius 1 is 0.773 bits per heavy atom. The van der Waals surface area contributed by atoms with Crippen LogP contribution in [0, 0.1) is 23.7 Å². The van der Waals surface area contributed by atoms with Gasteiger partial charge >= 0.3 is 11.9 Å². The zero-order valence-corrected chi connectivity index (χ0v) is 44.7. The Balaban J connectivity index is 0.710. The minimum absolute atomic E-state index is 0.00160. The van der Waals surface area contributed by atoms with Gasteiger partial charge in [-0.1, -0.05) is 20.1 Å². The largest absolute Gasteiger partial charge is 0.428 e. The molecule has 11 heterocycles. The molecule has 12 fully saturated rings. The van der Waals surface area contributed by atoms with Crippen molar-refractivity contribution in [1.82, 2.24) is 4.90 Å². The van der Waals surface area contributed by atoms with Gasteiger partial charge in [-0.2, -0.15) is 11.8 Å². The highest BCUT2D eigenvalue weighted by molar-refractivity contribution is 8.00. The van der Waals surface area contributed by atoms with Crippen molar-refractivity contribution in [1.29, 1.82) is 0 Å². The summed E-state index contributed by atoms with van der Waals surface area (Å²) < 4.78 is 71.3. The van der Waals surface area contributed by atoms with E-state index in [2.05, 4.69) is 20.1 Å². The summed E-state index contributed by atoms with van der Waals surface area (Å²) in [5.41, 5.74) is 2.09. The number of imide groups is 1. The molecule has 0 aromatic heterocycles. The summed E-state index contributed by atoms with van der Waals surface area (Å²) in [6, 6.07) is 0. The molecule has 18 nitrogen and oxygen atoms in total. The molecular weight excluding hydrogens is 991 g/mol. The van der Waals surface area contributed by atoms with E-state index in [1.807, 2.05) is 6.26 Å². The molecule has 12 rings (SSSR count). The topological polar surface area (TPSA) is 210 Å². The number of Topliss-reactive ketones (excluding diaryl/α,β-unsaturated/α-hetero) is 1. The number of likely N-dealkylation sites (tertiary alicyclic amines) is 1. The lowest BCUT2D eigenvalue weighted by atomic mass is 9.81. The number of methoxy groups -OCH3 is 1. The van der Waals surface area contributed by atoms with E-state index < -0.39 is 61.1 Å². The van der Waals surface area contributed by atoms with Gasteiger partial charge in [0.15, 0.2) is 5.79 Å². The third-order valence-electron chi connectivity index (χ3n) is 18.9. The number of thioether (sulfide) groups is 1. The van der Waals surface area contributed by atoms with Gasteiger partial charge in [-0.25, -0.2) is 0 Å². The first-order valence-electron chi connectivity index (χ1n) is 28.2. The first-order chi connectivity index (χ1) is 36.1. The van der Waals surface area contributed by atoms with E-state index in [0.29, 0.717) is 57.9 Å². The number of aliphatic hydroxyl groups excluding tert-OH is 1. The van der Waals surface area contributed by atoms with Gasteiger partial charge in [-0.15, -0.1) is 0 Å². The highest BCUT2D eigenvalue weighted by Gasteiger charge is 2.69. The number of amides is 2. The molecule has 11 aliphatic heterocycles. The summed E-state index contributed by atoms with van der Waals surface area (Å²) in [4.78, 5) is 66.6. The molecule has 0 aromatic rings. The van der Waals surface area contributed by atoms with Crippen LogP contribution in [0.3, 0.4) is 0 Å². The number of hydrogen-bond acceptors (Lipinski definition) is 18. The van der Waals surface area contributed by atoms with E-state index in [0.717, 1.165) is 49.7 Å². The summed E-state index contributed by atoms with van der Waals surface area (Å²) in [7, 11) is 1.60. The molecule has 416 valence electrons. The number of carbonyl (C=O) groups excluding carboxylic acids is 5. The Kier molecular flexibility index (Phi) is 16.4. The molecule has 1 spiro atoms. The Hall–Kier alpha value is -2.82. The van der Waals surface area contributed by atoms with E-state index in [-0.39, 0.29) is 146 Å². The summed E-state index contributed by atoms with van der Waals surface area (Å²) in [5.74, 6) is -2.56. The van der Waals surface area contributed by atoms with Crippen molar-refractivity contribution in [3.8, 4) is 0 Å². The Labute approximate surface area is 444 Å². The third-order valence-corrected chi connectivity index (χ3v) is 19.9. The van der Waals surface area contributed by atoms with Crippen LogP contribution in [0.5, 0.6) is 0 Å². The second-order valence-electron chi connectivity index (χ2n) is 23.8. The minimum atomic E-state index is -0.971. The first kappa shape index (κ1) is 54.2. The summed E-state index contributed by atoms with van der Waals surface area (Å²) in [6.07, 6.45) is 6.81. The van der Waals surface area contributed by atoms with E-state index in [1.165, 1.54) is 16.7 Å². The van der Waals surface area contributed by atoms with Crippen molar-refractivity contribution in [3.63, 3.8) is 0 Å². The van der Waals surface area contributed by atoms with Crippen LogP contribution >= 0.6 is 11.8 Å². The van der Waals surface area contributed by atoms with Crippen molar-refractivity contribution >= 4 is 41.3 Å². The van der Waals surface area contributed by atoms with Crippen LogP contribution in [-0.2, 0) is 76.1 Å². The van der Waals surface area contributed by atoms with Crippen molar-refractivity contribution in [2.45, 2.75) is 244 Å². The molecule has 1 N–H and O–H groups in total. The van der Waals surface area contributed by atoms with E-state index >= 15 is 0 Å². The molecule has 11 saturated heterocycles. The molecular formula is C56H79NO17S. The monoisotopic (exact) mass is 1070 g/mol. The fourth-order valence-electron chi connectivity index (χ4n) is 14.8. The minimum Gasteiger partial charge on any atom is -0.428 e. The molecule has 19 heteroatoms. The number of ether oxygens (including phenoxy) is 11. The van der Waals surface area contributed by atoms with Gasteiger partial charge in [0.25, 0.3) is 0 Å². The lowest BCUT2D eigenvalue weighted by Crippen LogP contribution is -2.61. The smallest absolute Gasteiger partial charge is 0.311 e. The second-order valence-corrected chi connectivity index (χ2v) is 24.9. The lowest BCUT2D eigenvalue weighted by molar-refractivity contribution is -0.292. The Bertz CT molecular complexity index is 2170. The quantitative estimate of drug-likeness (QED) is 0.109. The highest BCUT2D eigenvalue weighted by atomic mass is 32.2. The number of aliphatic hydroxyl groups is 1. The third kappa shape index (κ3) is 11.4. The van der Waals surface area contributed by atoms with Crippen molar-refractivity contribution in [2.75, 3.05) is 26.7 Å². The number of esters is 2. The Morgan fingerprint density at radius 2 is 1.52 bits per heavy atom. The van der Waals surface area contributed by atoms with Crippen LogP contribution in [0.2, 0.25) is 0 Å². The van der Waals surface area contributed by atoms with Crippen LogP contribution in [0.4, 0.5) is 0 Å². The van der Waals surface area contributed by atoms with E-state index in [9.17, 15) is 29.1 Å². The van der Waals surface area contributed by atoms with Crippen LogP contribution in [0.1, 0.15) is 135 Å². The zero-order chi connectivity index (χ0) is 52.3. The number of rotatable bonds is 12. The van der Waals surface area contributed by atoms with Crippen LogP contribution in [0.25, 0.3) is 0 Å². The van der Waals surface area contributed by atoms with Gasteiger partial charge in [0.1, 0.15) is 36.3 Å². The van der Waals surface area contributed by atoms with Crippen LogP contribution < -0.4 is 0 Å². The molecule has 0 radical (unpaired) electrons. The maximum absolute atomic E-state index is 14.4. The molecule has 1 saturated carbocycles. The van der Waals surface area contributed by atoms with Gasteiger partial charge in [-0.3, -0.25) is 28.9 Å². The molecule has 75 heavy (non-hydrogen) atoms. The standard InChI is InChI=1S/C56H79NO17S/c1-28-18-35-11-13-39-29(2)19-37(67-39)16-17-56-25-44-50(73-56)51-52(72-44)53(74-56)49-40(71-51)14-12-36(69-49)20-34(59)21-38-42(23-41(68-35)30(28)3)70-43(48(38)64-4)22-33(58)10-15-47(61)65-27-66-55(63)32-8-6-31(7-9-32)26-57-46(60)24-45(75-5)54(57)62/h28,31-33,35-45,48-53,58H,2-3,6-27H2,1,4-5H3/t28-,31?,32?,33-,35+,36-,37+,38+,39+,40+,41-,42+,43-,44-,45?,48-,49+,50+,51+,52-,53+,56+/m1/s1. The normalized spacial score (nSPS) is 45.1. The van der Waals surface area contributed by atoms with Crippen LogP contribution in [0.15, 0.2) is 24.3 Å². The maximum atomic E-state index is 14.4. The van der Waals surface area contributed by atoms with E-state index in [4.69, 9.17) is 52.1 Å². The number of ketones is 1. The average molecular weight is 1070 g/mol. The summed E-state index contributed by atoms with van der Waals surface area (Å²) in [6.45, 7) is 11.0. The van der Waals surface area contributed by atoms with Gasteiger partial charge in [0.2, 0.25) is 18.6 Å². The molecule has 2 amide bonds. The first-order valence-corrected chi connectivity index (χ1v) is 29.5. The van der Waals surface area contributed by atoms with Crippen molar-refractivity contribution < 1.29 is 81.2 Å². The average Bonchev–Trinajstić information content (AvgIpc) is 4.14. The maximum Gasteiger partial charge on any atom is 0.311 e. The number of fused-ring (bicyclic) bond motifs is 6. The fraction of sp³-hybridized carbons (Fsp3) is 0.839. The van der Waals surface area contributed by atoms with Crippen molar-refractivity contribution in [2.24, 2.45) is 23.7 Å². The number of nitrogens with zero attached hydrogens (tertiary/aromatic N) is 1. The predicted molar refractivity (Wildman–Crippen MR) is 268 cm³/mol. The molecule has 1 aliphatic carbocycles. The molecule has 20 atom stereocenters. The van der Waals surface area contributed by atoms with Gasteiger partial charge < -0.3 is 57.2 Å². The van der Waals surface area contributed by atoms with E-state index in [1.54, 1.807) is 7.11 Å². The van der Waals surface area contributed by atoms with Gasteiger partial charge in [0.05, 0.1) is 78.3 Å². The zero-order valence-electron chi connectivity index (χ0n) is 43.9. The van der Waals surface area contributed by atoms with Gasteiger partial charge in [-0.05, 0) is 106 Å². The summed E-state index contributed by atoms with van der Waals surface area (Å²) in [5, 5.41) is 11.1. The Morgan fingerprint density at radius 3 is 2.31 bits per heavy atom. The molecule has 12 bridgehead atoms.